The number of hydrogen-bond acceptors (Lipinski definition) is 8. The maximum absolute atomic E-state index is 13.7. The first-order valence-electron chi connectivity index (χ1n) is 13.7. The number of rotatable bonds is 9. The number of hydrogen-bond donors (Lipinski definition) is 1. The van der Waals surface area contributed by atoms with E-state index in [-0.39, 0.29) is 23.2 Å². The van der Waals surface area contributed by atoms with Crippen LogP contribution in [0.4, 0.5) is 10.5 Å². The highest BCUT2D eigenvalue weighted by Gasteiger charge is 2.50. The Balaban J connectivity index is 1.73. The van der Waals surface area contributed by atoms with Gasteiger partial charge in [0.1, 0.15) is 11.6 Å². The second-order valence-electron chi connectivity index (χ2n) is 10.9. The van der Waals surface area contributed by atoms with Crippen LogP contribution in [0.1, 0.15) is 40.2 Å². The van der Waals surface area contributed by atoms with Gasteiger partial charge in [0, 0.05) is 28.3 Å². The molecule has 2 fully saturated rings. The summed E-state index contributed by atoms with van der Waals surface area (Å²) in [6, 6.07) is 11.4. The topological polar surface area (TPSA) is 124 Å². The maximum Gasteiger partial charge on any atom is 0.408 e. The zero-order chi connectivity index (χ0) is 30.7. The van der Waals surface area contributed by atoms with Gasteiger partial charge >= 0.3 is 6.09 Å². The molecule has 1 N–H and O–H groups in total. The average Bonchev–Trinajstić information content (AvgIpc) is 3.35. The standard InChI is InChI=1S/C29H36BrN3O7S2/c1-6-38-23-14-19(30)21(15-24(23)39-7-2)33-22-16-42(36,37)17-25(22)41-27(33)32-26(34)20(13-18-11-9-8-10-12-18)31-28(35)40-29(3,4)5/h8-12,14-15,20,22,25H,6-7,13,16-17H2,1-5H3,(H,31,35)/t20-,22+,25-/m1/s1. The highest BCUT2D eigenvalue weighted by molar-refractivity contribution is 9.10. The van der Waals surface area contributed by atoms with Gasteiger partial charge < -0.3 is 24.4 Å². The summed E-state index contributed by atoms with van der Waals surface area (Å²) in [6.07, 6.45) is -0.533. The van der Waals surface area contributed by atoms with Crippen LogP contribution < -0.4 is 19.7 Å². The highest BCUT2D eigenvalue weighted by Crippen LogP contribution is 2.46. The molecule has 4 rings (SSSR count). The molecule has 2 heterocycles. The molecular formula is C29H36BrN3O7S2. The van der Waals surface area contributed by atoms with Crippen molar-refractivity contribution in [1.29, 1.82) is 0 Å². The second-order valence-corrected chi connectivity index (χ2v) is 15.1. The zero-order valence-corrected chi connectivity index (χ0v) is 27.5. The Hall–Kier alpha value is -2.77. The Morgan fingerprint density at radius 1 is 1.10 bits per heavy atom. The number of benzene rings is 2. The molecule has 2 aromatic carbocycles. The highest BCUT2D eigenvalue weighted by atomic mass is 79.9. The zero-order valence-electron chi connectivity index (χ0n) is 24.3. The first kappa shape index (κ1) is 32.2. The Labute approximate surface area is 259 Å². The molecule has 13 heteroatoms. The molecule has 228 valence electrons. The molecule has 0 aromatic heterocycles. The summed E-state index contributed by atoms with van der Waals surface area (Å²) in [6.45, 7) is 9.79. The van der Waals surface area contributed by atoms with Crippen LogP contribution in [0.5, 0.6) is 11.5 Å². The minimum Gasteiger partial charge on any atom is -0.490 e. The molecule has 0 unspecified atom stereocenters. The summed E-state index contributed by atoms with van der Waals surface area (Å²) in [5, 5.41) is 2.72. The van der Waals surface area contributed by atoms with Crippen LogP contribution in [0.3, 0.4) is 0 Å². The van der Waals surface area contributed by atoms with Gasteiger partial charge in [0.05, 0.1) is 36.4 Å². The number of sulfone groups is 1. The van der Waals surface area contributed by atoms with E-state index in [9.17, 15) is 18.0 Å². The van der Waals surface area contributed by atoms with Gasteiger partial charge in [-0.25, -0.2) is 13.2 Å². The minimum atomic E-state index is -3.29. The molecular weight excluding hydrogens is 646 g/mol. The maximum atomic E-state index is 13.7. The van der Waals surface area contributed by atoms with Crippen molar-refractivity contribution in [2.24, 2.45) is 4.99 Å². The van der Waals surface area contributed by atoms with E-state index in [2.05, 4.69) is 26.2 Å². The van der Waals surface area contributed by atoms with Crippen molar-refractivity contribution in [3.8, 4) is 11.5 Å². The Bertz CT molecular complexity index is 1450. The van der Waals surface area contributed by atoms with Crippen LogP contribution in [0, 0.1) is 0 Å². The van der Waals surface area contributed by atoms with Crippen molar-refractivity contribution in [2.75, 3.05) is 29.6 Å². The average molecular weight is 683 g/mol. The number of aliphatic imine (C=N–C) groups is 1. The molecule has 42 heavy (non-hydrogen) atoms. The van der Waals surface area contributed by atoms with Crippen LogP contribution in [-0.4, -0.2) is 73.2 Å². The molecule has 2 aliphatic heterocycles. The van der Waals surface area contributed by atoms with E-state index >= 15 is 0 Å². The van der Waals surface area contributed by atoms with Gasteiger partial charge in [-0.3, -0.25) is 4.79 Å². The number of anilines is 1. The van der Waals surface area contributed by atoms with Gasteiger partial charge in [0.15, 0.2) is 26.5 Å². The summed E-state index contributed by atoms with van der Waals surface area (Å²) in [4.78, 5) is 32.7. The van der Waals surface area contributed by atoms with Gasteiger partial charge in [0.2, 0.25) is 0 Å². The van der Waals surface area contributed by atoms with Crippen LogP contribution in [0.25, 0.3) is 0 Å². The SMILES string of the molecule is CCOc1cc(Br)c(N2C(=NC(=O)[C@@H](Cc3ccccc3)NC(=O)OC(C)(C)C)S[C@@H]3CS(=O)(=O)C[C@@H]32)cc1OCC. The molecule has 2 aromatic rings. The molecule has 2 saturated heterocycles. The fraction of sp³-hybridized carbons (Fsp3) is 0.483. The van der Waals surface area contributed by atoms with E-state index in [1.807, 2.05) is 44.2 Å². The third-order valence-electron chi connectivity index (χ3n) is 6.42. The number of carbonyl (C=O) groups is 2. The molecule has 0 bridgehead atoms. The smallest absolute Gasteiger partial charge is 0.408 e. The third kappa shape index (κ3) is 7.99. The Kier molecular flexibility index (Phi) is 10.1. The van der Waals surface area contributed by atoms with Gasteiger partial charge in [-0.15, -0.1) is 0 Å². The van der Waals surface area contributed by atoms with Gasteiger partial charge in [0.25, 0.3) is 5.91 Å². The number of ether oxygens (including phenoxy) is 3. The molecule has 0 spiro atoms. The van der Waals surface area contributed by atoms with E-state index in [1.165, 1.54) is 11.8 Å². The molecule has 0 radical (unpaired) electrons. The van der Waals surface area contributed by atoms with Crippen molar-refractivity contribution in [3.05, 3.63) is 52.5 Å². The lowest BCUT2D eigenvalue weighted by Crippen LogP contribution is -2.45. The summed E-state index contributed by atoms with van der Waals surface area (Å²) >= 11 is 4.87. The summed E-state index contributed by atoms with van der Waals surface area (Å²) in [5.74, 6) is 0.350. The molecule has 3 atom stereocenters. The number of nitrogens with one attached hydrogen (secondary N) is 1. The van der Waals surface area contributed by atoms with Crippen molar-refractivity contribution < 1.29 is 32.2 Å². The van der Waals surface area contributed by atoms with Crippen molar-refractivity contribution in [2.45, 2.75) is 64.0 Å². The molecule has 10 nitrogen and oxygen atoms in total. The number of fused-ring (bicyclic) bond motifs is 1. The third-order valence-corrected chi connectivity index (χ3v) is 10.3. The largest absolute Gasteiger partial charge is 0.490 e. The number of alkyl carbamates (subject to hydrolysis) is 1. The Morgan fingerprint density at radius 3 is 2.36 bits per heavy atom. The second kappa shape index (κ2) is 13.3. The number of nitrogens with zero attached hydrogens (tertiary/aromatic N) is 2. The molecule has 0 saturated carbocycles. The number of carbonyl (C=O) groups excluding carboxylic acids is 2. The normalized spacial score (nSPS) is 21.1. The lowest BCUT2D eigenvalue weighted by Gasteiger charge is -2.27. The summed E-state index contributed by atoms with van der Waals surface area (Å²) in [7, 11) is -3.29. The first-order chi connectivity index (χ1) is 19.8. The van der Waals surface area contributed by atoms with Crippen molar-refractivity contribution >= 4 is 60.4 Å². The van der Waals surface area contributed by atoms with Gasteiger partial charge in [-0.1, -0.05) is 42.1 Å². The Morgan fingerprint density at radius 2 is 1.74 bits per heavy atom. The van der Waals surface area contributed by atoms with E-state index in [1.54, 1.807) is 37.8 Å². The fourth-order valence-corrected chi connectivity index (χ4v) is 9.19. The predicted octanol–water partition coefficient (Wildman–Crippen LogP) is 4.98. The number of thioether (sulfide) groups is 1. The van der Waals surface area contributed by atoms with Crippen LogP contribution >= 0.6 is 27.7 Å². The molecule has 0 aliphatic carbocycles. The lowest BCUT2D eigenvalue weighted by atomic mass is 10.1. The quantitative estimate of drug-likeness (QED) is 0.390. The van der Waals surface area contributed by atoms with E-state index in [0.29, 0.717) is 40.0 Å². The van der Waals surface area contributed by atoms with Crippen LogP contribution in [0.2, 0.25) is 0 Å². The number of amides is 2. The lowest BCUT2D eigenvalue weighted by molar-refractivity contribution is -0.119. The van der Waals surface area contributed by atoms with Gasteiger partial charge in [-0.05, 0) is 56.1 Å². The molecule has 2 amide bonds. The predicted molar refractivity (Wildman–Crippen MR) is 169 cm³/mol. The van der Waals surface area contributed by atoms with Crippen LogP contribution in [0.15, 0.2) is 51.9 Å². The van der Waals surface area contributed by atoms with E-state index in [4.69, 9.17) is 14.2 Å². The van der Waals surface area contributed by atoms with E-state index < -0.39 is 39.5 Å². The molecule has 2 aliphatic rings. The van der Waals surface area contributed by atoms with Crippen molar-refractivity contribution in [1.82, 2.24) is 5.32 Å². The van der Waals surface area contributed by atoms with Crippen molar-refractivity contribution in [3.63, 3.8) is 0 Å². The first-order valence-corrected chi connectivity index (χ1v) is 17.2. The number of halogens is 1. The van der Waals surface area contributed by atoms with E-state index in [0.717, 1.165) is 5.56 Å². The van der Waals surface area contributed by atoms with Gasteiger partial charge in [-0.2, -0.15) is 4.99 Å². The monoisotopic (exact) mass is 681 g/mol. The van der Waals surface area contributed by atoms with Crippen LogP contribution in [-0.2, 0) is 25.8 Å². The number of amidine groups is 1. The fourth-order valence-electron chi connectivity index (χ4n) is 4.76. The summed E-state index contributed by atoms with van der Waals surface area (Å²) in [5.41, 5.74) is 0.683. The summed E-state index contributed by atoms with van der Waals surface area (Å²) < 4.78 is 42.9. The minimum absolute atomic E-state index is 0.0252.